The number of carbonyl (C=O) groups is 4. The van der Waals surface area contributed by atoms with E-state index in [-0.39, 0.29) is 25.7 Å². The lowest BCUT2D eigenvalue weighted by Gasteiger charge is -2.21. The molecule has 17 nitrogen and oxygen atoms in total. The van der Waals surface area contributed by atoms with Gasteiger partial charge in [0.2, 0.25) is 0 Å². The summed E-state index contributed by atoms with van der Waals surface area (Å²) in [5, 5.41) is 10.6. The second-order valence-electron chi connectivity index (χ2n) is 30.2. The van der Waals surface area contributed by atoms with Crippen molar-refractivity contribution in [2.75, 3.05) is 39.6 Å². The van der Waals surface area contributed by atoms with Crippen molar-refractivity contribution in [3.63, 3.8) is 0 Å². The highest BCUT2D eigenvalue weighted by molar-refractivity contribution is 7.47. The van der Waals surface area contributed by atoms with Gasteiger partial charge in [-0.15, -0.1) is 0 Å². The van der Waals surface area contributed by atoms with Crippen LogP contribution in [-0.4, -0.2) is 96.7 Å². The molecule has 99 heavy (non-hydrogen) atoms. The number of carbonyl (C=O) groups excluding carboxylic acids is 4. The molecule has 0 amide bonds. The maximum Gasteiger partial charge on any atom is 0.472 e. The molecular formula is C80H156O17P2. The highest BCUT2D eigenvalue weighted by Crippen LogP contribution is 2.45. The summed E-state index contributed by atoms with van der Waals surface area (Å²) in [6.45, 7) is 11.9. The van der Waals surface area contributed by atoms with Gasteiger partial charge in [-0.1, -0.05) is 363 Å². The van der Waals surface area contributed by atoms with Gasteiger partial charge in [0, 0.05) is 25.7 Å². The van der Waals surface area contributed by atoms with E-state index in [2.05, 4.69) is 48.5 Å². The molecule has 0 heterocycles. The van der Waals surface area contributed by atoms with E-state index in [1.807, 2.05) is 0 Å². The Kier molecular flexibility index (Phi) is 69.0. The first-order chi connectivity index (χ1) is 47.7. The molecular weight excluding hydrogens is 1290 g/mol. The number of esters is 4. The maximum atomic E-state index is 13.1. The number of ether oxygens (including phenoxy) is 4. The second kappa shape index (κ2) is 70.4. The molecule has 0 saturated carbocycles. The summed E-state index contributed by atoms with van der Waals surface area (Å²) in [5.74, 6) is 0.133. The van der Waals surface area contributed by atoms with Gasteiger partial charge in [0.15, 0.2) is 12.2 Å². The van der Waals surface area contributed by atoms with Gasteiger partial charge < -0.3 is 33.8 Å². The van der Waals surface area contributed by atoms with Crippen LogP contribution in [0.15, 0.2) is 0 Å². The maximum absolute atomic E-state index is 13.1. The average Bonchev–Trinajstić information content (AvgIpc) is 1.07. The summed E-state index contributed by atoms with van der Waals surface area (Å²) in [6.07, 6.45) is 58.5. The summed E-state index contributed by atoms with van der Waals surface area (Å²) in [5.41, 5.74) is 0. The summed E-state index contributed by atoms with van der Waals surface area (Å²) in [7, 11) is -9.92. The number of phosphoric acid groups is 2. The van der Waals surface area contributed by atoms with Crippen molar-refractivity contribution in [1.29, 1.82) is 0 Å². The predicted molar refractivity (Wildman–Crippen MR) is 405 cm³/mol. The number of aliphatic hydroxyl groups excluding tert-OH is 1. The van der Waals surface area contributed by atoms with Crippen molar-refractivity contribution in [2.45, 2.75) is 433 Å². The third-order valence-corrected chi connectivity index (χ3v) is 20.5. The molecule has 0 aliphatic rings. The van der Waals surface area contributed by atoms with Gasteiger partial charge in [-0.2, -0.15) is 0 Å². The van der Waals surface area contributed by atoms with Crippen LogP contribution in [0.5, 0.6) is 0 Å². The molecule has 0 radical (unpaired) electrons. The number of hydrogen-bond acceptors (Lipinski definition) is 15. The van der Waals surface area contributed by atoms with E-state index in [1.54, 1.807) is 0 Å². The predicted octanol–water partition coefficient (Wildman–Crippen LogP) is 23.7. The lowest BCUT2D eigenvalue weighted by atomic mass is 10.0. The third-order valence-electron chi connectivity index (χ3n) is 18.6. The van der Waals surface area contributed by atoms with Crippen molar-refractivity contribution >= 4 is 39.5 Å². The standard InChI is InChI=1S/C80H156O17P2/c1-8-9-10-11-12-13-14-15-16-17-18-19-22-26-29-34-41-49-56-63-79(84)96-75(67-90-77(82)61-54-47-40-33-28-25-23-20-21-24-27-31-37-44-51-58-71(2)3)69-94-98(86,87)92-65-74(81)66-93-99(88,89)95-70-76(68-91-78(83)62-55-48-43-36-39-46-53-60-73(6)7)97-80(85)64-57-50-42-35-30-32-38-45-52-59-72(4)5/h71-76,81H,8-70H2,1-7H3,(H,86,87)(H,88,89)/t74-,75-,76-/m1/s1. The zero-order valence-corrected chi connectivity index (χ0v) is 66.8. The van der Waals surface area contributed by atoms with Gasteiger partial charge in [0.05, 0.1) is 26.4 Å². The number of unbranched alkanes of at least 4 members (excludes halogenated alkanes) is 46. The zero-order chi connectivity index (χ0) is 73.0. The summed E-state index contributed by atoms with van der Waals surface area (Å²) >= 11 is 0. The van der Waals surface area contributed by atoms with E-state index >= 15 is 0 Å². The molecule has 3 N–H and O–H groups in total. The first kappa shape index (κ1) is 97.1. The number of phosphoric ester groups is 2. The lowest BCUT2D eigenvalue weighted by Crippen LogP contribution is -2.30. The highest BCUT2D eigenvalue weighted by Gasteiger charge is 2.30. The SMILES string of the molecule is CCCCCCCCCCCCCCCCCCCCCC(=O)O[C@H](COC(=O)CCCCCCCCCCCCCCCCCC(C)C)COP(=O)(O)OC[C@@H](O)COP(=O)(O)OC[C@@H](COC(=O)CCCCCCCCCC(C)C)OC(=O)CCCCCCCCCCCC(C)C. The summed E-state index contributed by atoms with van der Waals surface area (Å²) in [4.78, 5) is 72.9. The molecule has 0 spiro atoms. The Morgan fingerprint density at radius 2 is 0.465 bits per heavy atom. The first-order valence-electron chi connectivity index (χ1n) is 41.3. The van der Waals surface area contributed by atoms with Crippen molar-refractivity contribution < 1.29 is 80.2 Å². The van der Waals surface area contributed by atoms with Crippen molar-refractivity contribution in [3.8, 4) is 0 Å². The minimum Gasteiger partial charge on any atom is -0.462 e. The Bertz CT molecular complexity index is 1920. The number of aliphatic hydroxyl groups is 1. The van der Waals surface area contributed by atoms with Crippen molar-refractivity contribution in [3.05, 3.63) is 0 Å². The van der Waals surface area contributed by atoms with E-state index in [0.29, 0.717) is 31.6 Å². The molecule has 0 fully saturated rings. The minimum atomic E-state index is -4.96. The van der Waals surface area contributed by atoms with Gasteiger partial charge >= 0.3 is 39.5 Å². The summed E-state index contributed by atoms with van der Waals surface area (Å²) in [6, 6.07) is 0. The molecule has 0 aromatic carbocycles. The second-order valence-corrected chi connectivity index (χ2v) is 33.1. The third kappa shape index (κ3) is 74.1. The Balaban J connectivity index is 5.23. The largest absolute Gasteiger partial charge is 0.472 e. The molecule has 0 rings (SSSR count). The van der Waals surface area contributed by atoms with Crippen LogP contribution in [0.3, 0.4) is 0 Å². The molecule has 0 aliphatic carbocycles. The van der Waals surface area contributed by atoms with Gasteiger partial charge in [0.25, 0.3) is 0 Å². The summed E-state index contributed by atoms with van der Waals surface area (Å²) < 4.78 is 68.6. The Hall–Kier alpha value is -1.94. The van der Waals surface area contributed by atoms with Crippen LogP contribution in [0, 0.1) is 17.8 Å². The van der Waals surface area contributed by atoms with Gasteiger partial charge in [0.1, 0.15) is 19.3 Å². The van der Waals surface area contributed by atoms with E-state index < -0.39 is 97.5 Å². The van der Waals surface area contributed by atoms with E-state index in [1.165, 1.54) is 218 Å². The smallest absolute Gasteiger partial charge is 0.462 e. The van der Waals surface area contributed by atoms with Gasteiger partial charge in [-0.25, -0.2) is 9.13 Å². The molecule has 19 heteroatoms. The zero-order valence-electron chi connectivity index (χ0n) is 65.0. The Morgan fingerprint density at radius 3 is 0.687 bits per heavy atom. The topological polar surface area (TPSA) is 237 Å². The first-order valence-corrected chi connectivity index (χ1v) is 44.3. The number of hydrogen-bond donors (Lipinski definition) is 3. The number of rotatable bonds is 78. The molecule has 0 aromatic rings. The van der Waals surface area contributed by atoms with Crippen molar-refractivity contribution in [2.24, 2.45) is 17.8 Å². The molecule has 0 bridgehead atoms. The fourth-order valence-electron chi connectivity index (χ4n) is 12.3. The monoisotopic (exact) mass is 1450 g/mol. The molecule has 2 unspecified atom stereocenters. The van der Waals surface area contributed by atoms with E-state index in [9.17, 15) is 43.2 Å². The normalized spacial score (nSPS) is 14.0. The van der Waals surface area contributed by atoms with Crippen LogP contribution >= 0.6 is 15.6 Å². The fourth-order valence-corrected chi connectivity index (χ4v) is 13.9. The average molecular weight is 1450 g/mol. The molecule has 0 aliphatic heterocycles. The molecule has 0 saturated heterocycles. The fraction of sp³-hybridized carbons (Fsp3) is 0.950. The molecule has 0 aromatic heterocycles. The van der Waals surface area contributed by atoms with Crippen LogP contribution in [0.25, 0.3) is 0 Å². The van der Waals surface area contributed by atoms with Gasteiger partial charge in [-0.05, 0) is 43.4 Å². The van der Waals surface area contributed by atoms with Crippen molar-refractivity contribution in [1.82, 2.24) is 0 Å². The van der Waals surface area contributed by atoms with Crippen LogP contribution in [0.2, 0.25) is 0 Å². The lowest BCUT2D eigenvalue weighted by molar-refractivity contribution is -0.161. The minimum absolute atomic E-state index is 0.105. The quantitative estimate of drug-likeness (QED) is 0.0222. The van der Waals surface area contributed by atoms with Crippen LogP contribution in [0.4, 0.5) is 0 Å². The molecule has 5 atom stereocenters. The Labute approximate surface area is 607 Å². The van der Waals surface area contributed by atoms with Crippen LogP contribution < -0.4 is 0 Å². The van der Waals surface area contributed by atoms with Gasteiger partial charge in [-0.3, -0.25) is 37.3 Å². The van der Waals surface area contributed by atoms with Crippen LogP contribution in [-0.2, 0) is 65.4 Å². The Morgan fingerprint density at radius 1 is 0.273 bits per heavy atom. The highest BCUT2D eigenvalue weighted by atomic mass is 31.2. The molecule has 588 valence electrons. The van der Waals surface area contributed by atoms with E-state index in [4.69, 9.17) is 37.0 Å². The van der Waals surface area contributed by atoms with Crippen LogP contribution in [0.1, 0.15) is 414 Å². The van der Waals surface area contributed by atoms with E-state index in [0.717, 1.165) is 108 Å².